The first-order valence-corrected chi connectivity index (χ1v) is 25.1. The Morgan fingerprint density at radius 3 is 1.64 bits per heavy atom. The number of piperidine rings is 2. The topological polar surface area (TPSA) is 195 Å². The Kier molecular flexibility index (Phi) is 18.3. The number of pyridine rings is 2. The molecule has 416 valence electrons. The van der Waals surface area contributed by atoms with Gasteiger partial charge in [-0.3, -0.25) is 0 Å². The molecule has 0 aliphatic carbocycles. The fourth-order valence-electron chi connectivity index (χ4n) is 8.39. The Morgan fingerprint density at radius 1 is 0.684 bits per heavy atom. The summed E-state index contributed by atoms with van der Waals surface area (Å²) in [4.78, 5) is 47.0. The number of hydrogen-bond donors (Lipinski definition) is 1. The summed E-state index contributed by atoms with van der Waals surface area (Å²) >= 11 is 6.00. The molecule has 76 heavy (non-hydrogen) atoms. The smallest absolute Gasteiger partial charge is 0.399 e. The Hall–Kier alpha value is -5.58. The first-order valence-electron chi connectivity index (χ1n) is 24.7. The van der Waals surface area contributed by atoms with Crippen LogP contribution < -0.4 is 30.8 Å². The fraction of sp³-hybridized carbons (Fsp3) is 0.638. The van der Waals surface area contributed by atoms with Crippen LogP contribution in [0, 0.1) is 0 Å². The molecule has 0 unspecified atom stereocenters. The molecule has 9 heterocycles. The van der Waals surface area contributed by atoms with Crippen molar-refractivity contribution in [2.75, 3.05) is 105 Å². The predicted octanol–water partition coefficient (Wildman–Crippen LogP) is 7.44. The summed E-state index contributed by atoms with van der Waals surface area (Å²) in [5.74, 6) is -3.88. The molecule has 0 bridgehead atoms. The molecule has 0 amide bonds. The molecule has 2 atom stereocenters. The van der Waals surface area contributed by atoms with Gasteiger partial charge < -0.3 is 49.0 Å². The van der Waals surface area contributed by atoms with E-state index in [0.29, 0.717) is 51.4 Å². The van der Waals surface area contributed by atoms with Gasteiger partial charge in [0.1, 0.15) is 5.82 Å². The molecular formula is C47H63BClF8N15O4. The van der Waals surface area contributed by atoms with Gasteiger partial charge in [0.05, 0.1) is 56.1 Å². The highest BCUT2D eigenvalue weighted by atomic mass is 35.5. The molecule has 4 aromatic heterocycles. The molecule has 0 spiro atoms. The molecule has 19 nitrogen and oxygen atoms in total. The number of alkyl halides is 8. The second-order valence-corrected chi connectivity index (χ2v) is 20.5. The van der Waals surface area contributed by atoms with E-state index in [1.165, 1.54) is 24.8 Å². The van der Waals surface area contributed by atoms with E-state index in [2.05, 4.69) is 44.9 Å². The van der Waals surface area contributed by atoms with Gasteiger partial charge in [-0.15, -0.1) is 0 Å². The quantitative estimate of drug-likeness (QED) is 0.0712. The second kappa shape index (κ2) is 24.0. The van der Waals surface area contributed by atoms with Crippen LogP contribution in [0.2, 0.25) is 5.28 Å². The number of nitrogens with two attached hydrogens (primary N) is 1. The standard InChI is InChI=1S/C19H23F4N7O.C15H22BF2N3O2.C13H18ClF2N5O/c1-11-10-31-7-6-30(11)18-27-16(13-9-25-14(24)8-12(13)15(20)21)26-17(28-18)29-4-2-19(22,23)3-5-29;1-14(2)15(3,4)23-16(22-14)11-8-19-12(20-9-21(5)6)7-10(11)13(17)18;1-9-8-22-7-6-21(9)12-18-10(14)17-11(19-12)20-4-2-13(15,16)3-5-20/h8-9,11,15H,2-7,10H2,1H3,(H2,24,25);7-9,13H,1-6H3;9H,2-8H2,1H3/t11-;;9-/m1.1/s1. The Labute approximate surface area is 441 Å². The maximum absolute atomic E-state index is 13.7. The van der Waals surface area contributed by atoms with E-state index >= 15 is 0 Å². The zero-order valence-corrected chi connectivity index (χ0v) is 44.3. The SMILES string of the molecule is CN(C)C=Nc1cc(C(F)F)c(B2OC(C)(C)C(C)(C)O2)cn1.C[C@@H]1COCCN1c1nc(-c2cnc(N)cc2C(F)F)nc(N2CCC(F)(F)CC2)n1.C[C@@H]1COCCN1c1nc(Cl)nc(N2CCC(F)(F)CC2)n1. The van der Waals surface area contributed by atoms with E-state index in [1.807, 2.05) is 51.3 Å². The predicted molar refractivity (Wildman–Crippen MR) is 272 cm³/mol. The number of aliphatic imine (C=N–C) groups is 1. The van der Waals surface area contributed by atoms with Gasteiger partial charge in [-0.25, -0.2) is 50.1 Å². The van der Waals surface area contributed by atoms with Gasteiger partial charge in [0.25, 0.3) is 24.7 Å². The second-order valence-electron chi connectivity index (χ2n) is 20.1. The summed E-state index contributed by atoms with van der Waals surface area (Å²) in [6.07, 6.45) is -2.48. The van der Waals surface area contributed by atoms with Crippen molar-refractivity contribution in [3.63, 3.8) is 0 Å². The minimum absolute atomic E-state index is 0.00109. The van der Waals surface area contributed by atoms with E-state index in [0.717, 1.165) is 6.07 Å². The number of morpholine rings is 2. The van der Waals surface area contributed by atoms with Gasteiger partial charge in [-0.2, -0.15) is 29.9 Å². The molecule has 0 aromatic carbocycles. The minimum Gasteiger partial charge on any atom is -0.399 e. The van der Waals surface area contributed by atoms with E-state index in [4.69, 9.17) is 36.1 Å². The number of halogens is 9. The summed E-state index contributed by atoms with van der Waals surface area (Å²) in [6.45, 7) is 15.2. The van der Waals surface area contributed by atoms with Crippen molar-refractivity contribution in [3.8, 4) is 11.4 Å². The van der Waals surface area contributed by atoms with Crippen LogP contribution in [0.25, 0.3) is 11.4 Å². The minimum atomic E-state index is -2.82. The van der Waals surface area contributed by atoms with Crippen LogP contribution >= 0.6 is 11.6 Å². The van der Waals surface area contributed by atoms with Crippen molar-refractivity contribution in [1.29, 1.82) is 0 Å². The van der Waals surface area contributed by atoms with Crippen LogP contribution in [0.1, 0.15) is 91.2 Å². The average Bonchev–Trinajstić information content (AvgIpc) is 3.59. The number of aromatic nitrogens is 8. The third kappa shape index (κ3) is 14.5. The first-order chi connectivity index (χ1) is 35.7. The molecule has 4 aromatic rings. The number of nitrogens with zero attached hydrogens (tertiary/aromatic N) is 14. The van der Waals surface area contributed by atoms with Gasteiger partial charge in [-0.1, -0.05) is 0 Å². The molecule has 29 heteroatoms. The van der Waals surface area contributed by atoms with Crippen LogP contribution in [0.3, 0.4) is 0 Å². The van der Waals surface area contributed by atoms with Crippen molar-refractivity contribution >= 4 is 65.9 Å². The average molecular weight is 1100 g/mol. The van der Waals surface area contributed by atoms with E-state index in [-0.39, 0.29) is 121 Å². The highest BCUT2D eigenvalue weighted by Crippen LogP contribution is 2.38. The highest BCUT2D eigenvalue weighted by Gasteiger charge is 2.53. The number of hydrogen-bond acceptors (Lipinski definition) is 18. The van der Waals surface area contributed by atoms with Gasteiger partial charge in [0.15, 0.2) is 11.6 Å². The zero-order valence-electron chi connectivity index (χ0n) is 43.5. The molecule has 0 radical (unpaired) electrons. The summed E-state index contributed by atoms with van der Waals surface area (Å²) in [6, 6.07) is 2.43. The molecular weight excluding hydrogens is 1040 g/mol. The van der Waals surface area contributed by atoms with Crippen LogP contribution in [0.15, 0.2) is 29.5 Å². The molecule has 2 N–H and O–H groups in total. The summed E-state index contributed by atoms with van der Waals surface area (Å²) in [7, 11) is 2.70. The molecule has 9 rings (SSSR count). The number of nitrogen functional groups attached to an aromatic ring is 1. The van der Waals surface area contributed by atoms with Crippen LogP contribution in [-0.4, -0.2) is 173 Å². The third-order valence-corrected chi connectivity index (χ3v) is 13.7. The fourth-order valence-corrected chi connectivity index (χ4v) is 8.54. The lowest BCUT2D eigenvalue weighted by Gasteiger charge is -2.35. The Bertz CT molecular complexity index is 2620. The summed E-state index contributed by atoms with van der Waals surface area (Å²) < 4.78 is 131. The van der Waals surface area contributed by atoms with Gasteiger partial charge in [-0.05, 0) is 65.3 Å². The lowest BCUT2D eigenvalue weighted by atomic mass is 9.77. The van der Waals surface area contributed by atoms with Gasteiger partial charge in [0, 0.05) is 114 Å². The summed E-state index contributed by atoms with van der Waals surface area (Å²) in [5, 5.41) is 0.0797. The first kappa shape index (κ1) is 58.1. The van der Waals surface area contributed by atoms with Crippen molar-refractivity contribution < 1.29 is 53.9 Å². The van der Waals surface area contributed by atoms with Crippen molar-refractivity contribution in [2.24, 2.45) is 4.99 Å². The van der Waals surface area contributed by atoms with Crippen molar-refractivity contribution in [1.82, 2.24) is 44.8 Å². The Morgan fingerprint density at radius 2 is 1.16 bits per heavy atom. The van der Waals surface area contributed by atoms with E-state index in [1.54, 1.807) is 28.8 Å². The molecule has 5 aliphatic rings. The molecule has 5 aliphatic heterocycles. The number of anilines is 5. The van der Waals surface area contributed by atoms with Crippen LogP contribution in [-0.2, 0) is 18.8 Å². The van der Waals surface area contributed by atoms with Crippen molar-refractivity contribution in [2.45, 2.75) is 115 Å². The lowest BCUT2D eigenvalue weighted by Crippen LogP contribution is -2.45. The van der Waals surface area contributed by atoms with Crippen LogP contribution in [0.5, 0.6) is 0 Å². The number of ether oxygens (including phenoxy) is 2. The van der Waals surface area contributed by atoms with Gasteiger partial charge in [0.2, 0.25) is 29.1 Å². The van der Waals surface area contributed by atoms with E-state index in [9.17, 15) is 35.1 Å². The lowest BCUT2D eigenvalue weighted by molar-refractivity contribution is -0.0229. The highest BCUT2D eigenvalue weighted by molar-refractivity contribution is 6.62. The molecule has 5 saturated heterocycles. The Balaban J connectivity index is 0.000000169. The van der Waals surface area contributed by atoms with Crippen LogP contribution in [0.4, 0.5) is 70.6 Å². The molecule has 5 fully saturated rings. The summed E-state index contributed by atoms with van der Waals surface area (Å²) in [5.41, 5.74) is 4.12. The van der Waals surface area contributed by atoms with Crippen molar-refractivity contribution in [3.05, 3.63) is 40.9 Å². The number of rotatable bonds is 10. The monoisotopic (exact) mass is 1100 g/mol. The zero-order chi connectivity index (χ0) is 55.3. The largest absolute Gasteiger partial charge is 0.496 e. The third-order valence-electron chi connectivity index (χ3n) is 13.6. The maximum atomic E-state index is 13.7. The maximum Gasteiger partial charge on any atom is 0.496 e. The molecule has 0 saturated carbocycles. The normalized spacial score (nSPS) is 22.1. The van der Waals surface area contributed by atoms with Gasteiger partial charge >= 0.3 is 7.12 Å². The van der Waals surface area contributed by atoms with E-state index < -0.39 is 43.0 Å².